The van der Waals surface area contributed by atoms with Crippen molar-refractivity contribution in [3.8, 4) is 17.3 Å². The number of nitrogens with zero attached hydrogens (tertiary/aromatic N) is 4. The average molecular weight is 316 g/mol. The van der Waals surface area contributed by atoms with Crippen molar-refractivity contribution in [2.24, 2.45) is 7.05 Å². The lowest BCUT2D eigenvalue weighted by Crippen LogP contribution is -2.08. The number of ether oxygens (including phenoxy) is 1. The summed E-state index contributed by atoms with van der Waals surface area (Å²) in [5, 5.41) is 4.56. The van der Waals surface area contributed by atoms with E-state index < -0.39 is 6.36 Å². The summed E-state index contributed by atoms with van der Waals surface area (Å²) in [5.41, 5.74) is 6.62. The van der Waals surface area contributed by atoms with Gasteiger partial charge in [0.25, 0.3) is 0 Å². The van der Waals surface area contributed by atoms with E-state index in [0.717, 1.165) is 39.4 Å². The standard InChI is InChI=1S/C17H21FN4O/c1-9-7-10(2)16-19-11(3)8-22(16)15(9)14-12(4)17(21(6)20-14)23-13(5)18/h7-8,13H,1-6H3. The van der Waals surface area contributed by atoms with Gasteiger partial charge in [0.15, 0.2) is 0 Å². The molecule has 23 heavy (non-hydrogen) atoms. The summed E-state index contributed by atoms with van der Waals surface area (Å²) < 4.78 is 22.2. The smallest absolute Gasteiger partial charge is 0.237 e. The molecule has 0 radical (unpaired) electrons. The van der Waals surface area contributed by atoms with Crippen LogP contribution in [0, 0.1) is 27.7 Å². The molecule has 0 fully saturated rings. The number of imidazole rings is 1. The molecule has 1 unspecified atom stereocenters. The van der Waals surface area contributed by atoms with Crippen LogP contribution in [0.3, 0.4) is 0 Å². The largest absolute Gasteiger partial charge is 0.444 e. The molecule has 3 aromatic rings. The second kappa shape index (κ2) is 5.37. The SMILES string of the molecule is Cc1cn2c(-c3nn(C)c(OC(C)F)c3C)c(C)cc(C)c2n1. The number of hydrogen-bond acceptors (Lipinski definition) is 3. The zero-order valence-corrected chi connectivity index (χ0v) is 14.3. The first-order valence-electron chi connectivity index (χ1n) is 7.60. The number of aryl methyl sites for hydroxylation is 4. The van der Waals surface area contributed by atoms with Gasteiger partial charge in [-0.3, -0.25) is 4.40 Å². The van der Waals surface area contributed by atoms with E-state index in [1.807, 2.05) is 33.9 Å². The number of alkyl halides is 1. The van der Waals surface area contributed by atoms with Gasteiger partial charge < -0.3 is 4.74 Å². The summed E-state index contributed by atoms with van der Waals surface area (Å²) in [4.78, 5) is 4.58. The minimum Gasteiger partial charge on any atom is -0.444 e. The maximum absolute atomic E-state index is 13.3. The van der Waals surface area contributed by atoms with E-state index in [1.165, 1.54) is 6.92 Å². The highest BCUT2D eigenvalue weighted by Crippen LogP contribution is 2.33. The fraction of sp³-hybridized carbons (Fsp3) is 0.412. The predicted molar refractivity (Wildman–Crippen MR) is 87.5 cm³/mol. The monoisotopic (exact) mass is 316 g/mol. The molecule has 122 valence electrons. The molecule has 0 N–H and O–H groups in total. The van der Waals surface area contributed by atoms with Crippen molar-refractivity contribution in [3.63, 3.8) is 0 Å². The number of pyridine rings is 1. The number of fused-ring (bicyclic) bond motifs is 1. The summed E-state index contributed by atoms with van der Waals surface area (Å²) in [6.07, 6.45) is 0.614. The Morgan fingerprint density at radius 3 is 2.52 bits per heavy atom. The normalized spacial score (nSPS) is 12.8. The van der Waals surface area contributed by atoms with Crippen LogP contribution < -0.4 is 4.74 Å². The van der Waals surface area contributed by atoms with Gasteiger partial charge in [-0.1, -0.05) is 6.07 Å². The van der Waals surface area contributed by atoms with Crippen LogP contribution in [0.15, 0.2) is 12.3 Å². The van der Waals surface area contributed by atoms with Crippen molar-refractivity contribution < 1.29 is 9.13 Å². The maximum Gasteiger partial charge on any atom is 0.237 e. The molecule has 0 spiro atoms. The van der Waals surface area contributed by atoms with E-state index in [1.54, 1.807) is 11.7 Å². The number of aromatic nitrogens is 4. The molecule has 0 bridgehead atoms. The minimum absolute atomic E-state index is 0.444. The summed E-state index contributed by atoms with van der Waals surface area (Å²) >= 11 is 0. The summed E-state index contributed by atoms with van der Waals surface area (Å²) in [6, 6.07) is 2.10. The van der Waals surface area contributed by atoms with Crippen LogP contribution >= 0.6 is 0 Å². The molecule has 0 aliphatic rings. The topological polar surface area (TPSA) is 44.4 Å². The van der Waals surface area contributed by atoms with Crippen molar-refractivity contribution in [3.05, 3.63) is 34.6 Å². The second-order valence-electron chi connectivity index (χ2n) is 6.00. The zero-order chi connectivity index (χ0) is 16.9. The van der Waals surface area contributed by atoms with Gasteiger partial charge in [-0.05, 0) is 38.8 Å². The van der Waals surface area contributed by atoms with Crippen molar-refractivity contribution in [1.29, 1.82) is 0 Å². The molecular formula is C17H21FN4O. The Kier molecular flexibility index (Phi) is 3.62. The highest BCUT2D eigenvalue weighted by atomic mass is 19.1. The molecule has 0 aromatic carbocycles. The van der Waals surface area contributed by atoms with Crippen molar-refractivity contribution in [1.82, 2.24) is 19.2 Å². The molecule has 0 amide bonds. The Morgan fingerprint density at radius 2 is 1.87 bits per heavy atom. The molecule has 0 saturated carbocycles. The lowest BCUT2D eigenvalue weighted by molar-refractivity contribution is 0.0754. The van der Waals surface area contributed by atoms with Crippen LogP contribution in [0.4, 0.5) is 4.39 Å². The lowest BCUT2D eigenvalue weighted by Gasteiger charge is -2.10. The van der Waals surface area contributed by atoms with Crippen LogP contribution in [-0.4, -0.2) is 25.5 Å². The maximum atomic E-state index is 13.3. The lowest BCUT2D eigenvalue weighted by atomic mass is 10.1. The van der Waals surface area contributed by atoms with Crippen molar-refractivity contribution in [2.75, 3.05) is 0 Å². The van der Waals surface area contributed by atoms with E-state index in [0.29, 0.717) is 5.88 Å². The third kappa shape index (κ3) is 2.48. The van der Waals surface area contributed by atoms with Gasteiger partial charge in [-0.15, -0.1) is 0 Å². The number of hydrogen-bond donors (Lipinski definition) is 0. The fourth-order valence-corrected chi connectivity index (χ4v) is 3.05. The van der Waals surface area contributed by atoms with Crippen LogP contribution in [0.25, 0.3) is 17.0 Å². The van der Waals surface area contributed by atoms with Crippen LogP contribution in [0.1, 0.15) is 29.3 Å². The summed E-state index contributed by atoms with van der Waals surface area (Å²) in [7, 11) is 1.76. The summed E-state index contributed by atoms with van der Waals surface area (Å²) in [5.74, 6) is 0.444. The van der Waals surface area contributed by atoms with Gasteiger partial charge in [-0.2, -0.15) is 5.10 Å². The van der Waals surface area contributed by atoms with E-state index in [9.17, 15) is 4.39 Å². The first-order chi connectivity index (χ1) is 10.8. The molecular weight excluding hydrogens is 295 g/mol. The van der Waals surface area contributed by atoms with E-state index >= 15 is 0 Å². The molecule has 0 saturated heterocycles. The van der Waals surface area contributed by atoms with Gasteiger partial charge in [0.1, 0.15) is 11.3 Å². The highest BCUT2D eigenvalue weighted by Gasteiger charge is 2.21. The number of rotatable bonds is 3. The average Bonchev–Trinajstić information content (AvgIpc) is 2.95. The minimum atomic E-state index is -1.38. The van der Waals surface area contributed by atoms with Gasteiger partial charge in [0.05, 0.1) is 11.4 Å². The Balaban J connectivity index is 2.29. The van der Waals surface area contributed by atoms with Gasteiger partial charge >= 0.3 is 0 Å². The van der Waals surface area contributed by atoms with E-state index in [-0.39, 0.29) is 0 Å². The molecule has 6 heteroatoms. The first-order valence-corrected chi connectivity index (χ1v) is 7.60. The predicted octanol–water partition coefficient (Wildman–Crippen LogP) is 3.66. The van der Waals surface area contributed by atoms with E-state index in [4.69, 9.17) is 4.74 Å². The molecule has 0 aliphatic carbocycles. The quantitative estimate of drug-likeness (QED) is 0.740. The van der Waals surface area contributed by atoms with Crippen LogP contribution in [0.5, 0.6) is 5.88 Å². The molecule has 1 atom stereocenters. The summed E-state index contributed by atoms with van der Waals surface area (Å²) in [6.45, 7) is 9.32. The molecule has 0 aliphatic heterocycles. The molecule has 3 aromatic heterocycles. The third-order valence-corrected chi connectivity index (χ3v) is 3.94. The van der Waals surface area contributed by atoms with Crippen LogP contribution in [-0.2, 0) is 7.05 Å². The fourth-order valence-electron chi connectivity index (χ4n) is 3.05. The Bertz CT molecular complexity index is 892. The second-order valence-corrected chi connectivity index (χ2v) is 6.00. The van der Waals surface area contributed by atoms with E-state index in [2.05, 4.69) is 20.5 Å². The van der Waals surface area contributed by atoms with Gasteiger partial charge in [0, 0.05) is 25.7 Å². The molecule has 3 heterocycles. The van der Waals surface area contributed by atoms with Crippen LogP contribution in [0.2, 0.25) is 0 Å². The first kappa shape index (κ1) is 15.5. The van der Waals surface area contributed by atoms with Gasteiger partial charge in [-0.25, -0.2) is 14.1 Å². The Morgan fingerprint density at radius 1 is 1.17 bits per heavy atom. The van der Waals surface area contributed by atoms with Crippen molar-refractivity contribution in [2.45, 2.75) is 41.0 Å². The van der Waals surface area contributed by atoms with Crippen molar-refractivity contribution >= 4 is 5.65 Å². The third-order valence-electron chi connectivity index (χ3n) is 3.94. The highest BCUT2D eigenvalue weighted by molar-refractivity contribution is 5.70. The van der Waals surface area contributed by atoms with Gasteiger partial charge in [0.2, 0.25) is 12.2 Å². The molecule has 5 nitrogen and oxygen atoms in total. The Hall–Kier alpha value is -2.37. The number of halogens is 1. The Labute approximate surface area is 134 Å². The molecule has 3 rings (SSSR count). The zero-order valence-electron chi connectivity index (χ0n) is 14.3.